The molecule has 1 aromatic heterocycles. The number of carbonyl (C=O) groups is 1. The number of aromatic carboxylic acids is 1. The number of hydrogen-bond donors (Lipinski definition) is 1. The lowest BCUT2D eigenvalue weighted by atomic mass is 9.89. The van der Waals surface area contributed by atoms with E-state index in [1.807, 2.05) is 18.2 Å². The molecule has 0 unspecified atom stereocenters. The lowest BCUT2D eigenvalue weighted by Gasteiger charge is -2.22. The average molecular weight is 311 g/mol. The van der Waals surface area contributed by atoms with Gasteiger partial charge in [0.05, 0.1) is 11.5 Å². The first-order chi connectivity index (χ1) is 11.1. The van der Waals surface area contributed by atoms with Gasteiger partial charge in [0.1, 0.15) is 5.58 Å². The third kappa shape index (κ3) is 2.22. The minimum Gasteiger partial charge on any atom is -0.475 e. The highest BCUT2D eigenvalue weighted by Gasteiger charge is 2.50. The number of carboxylic acid groups (broad SMARTS) is 1. The van der Waals surface area contributed by atoms with Gasteiger partial charge in [0, 0.05) is 24.2 Å². The van der Waals surface area contributed by atoms with E-state index in [4.69, 9.17) is 9.15 Å². The molecule has 0 amide bonds. The molecule has 1 saturated carbocycles. The van der Waals surface area contributed by atoms with E-state index >= 15 is 0 Å². The first-order valence-electron chi connectivity index (χ1n) is 7.94. The van der Waals surface area contributed by atoms with Gasteiger partial charge in [0.15, 0.2) is 0 Å². The molecule has 2 heterocycles. The van der Waals surface area contributed by atoms with Gasteiger partial charge in [-0.2, -0.15) is 5.26 Å². The molecule has 1 aromatic carbocycles. The van der Waals surface area contributed by atoms with Crippen LogP contribution in [0.3, 0.4) is 0 Å². The summed E-state index contributed by atoms with van der Waals surface area (Å²) in [7, 11) is 0. The van der Waals surface area contributed by atoms with Crippen molar-refractivity contribution in [3.05, 3.63) is 35.1 Å². The molecule has 23 heavy (non-hydrogen) atoms. The Bertz CT molecular complexity index is 819. The molecule has 118 valence electrons. The van der Waals surface area contributed by atoms with Crippen molar-refractivity contribution in [1.29, 1.82) is 5.26 Å². The van der Waals surface area contributed by atoms with E-state index in [1.165, 1.54) is 0 Å². The molecule has 0 radical (unpaired) electrons. The first kappa shape index (κ1) is 14.3. The summed E-state index contributed by atoms with van der Waals surface area (Å²) in [6.45, 7) is 1.51. The van der Waals surface area contributed by atoms with Crippen LogP contribution >= 0.6 is 0 Å². The molecule has 1 aliphatic carbocycles. The minimum absolute atomic E-state index is 0.0804. The normalized spacial score (nSPS) is 20.3. The number of hydrogen-bond acceptors (Lipinski definition) is 4. The van der Waals surface area contributed by atoms with Gasteiger partial charge in [0.2, 0.25) is 5.76 Å². The summed E-state index contributed by atoms with van der Waals surface area (Å²) in [4.78, 5) is 11.5. The molecular weight excluding hydrogens is 294 g/mol. The van der Waals surface area contributed by atoms with Crippen molar-refractivity contribution in [1.82, 2.24) is 0 Å². The van der Waals surface area contributed by atoms with E-state index < -0.39 is 11.4 Å². The van der Waals surface area contributed by atoms with Crippen molar-refractivity contribution in [2.45, 2.75) is 37.0 Å². The van der Waals surface area contributed by atoms with Crippen LogP contribution in [0.1, 0.15) is 53.3 Å². The second-order valence-corrected chi connectivity index (χ2v) is 6.45. The number of furan rings is 1. The van der Waals surface area contributed by atoms with E-state index in [0.29, 0.717) is 29.9 Å². The Morgan fingerprint density at radius 2 is 2.04 bits per heavy atom. The van der Waals surface area contributed by atoms with Crippen LogP contribution in [0.25, 0.3) is 11.0 Å². The second kappa shape index (κ2) is 5.10. The van der Waals surface area contributed by atoms with Crippen molar-refractivity contribution in [2.75, 3.05) is 13.2 Å². The zero-order chi connectivity index (χ0) is 16.0. The molecule has 1 saturated heterocycles. The molecule has 0 bridgehead atoms. The average Bonchev–Trinajstić information content (AvgIpc) is 3.28. The molecule has 5 heteroatoms. The van der Waals surface area contributed by atoms with Crippen LogP contribution in [0.5, 0.6) is 0 Å². The number of benzene rings is 1. The molecule has 4 rings (SSSR count). The second-order valence-electron chi connectivity index (χ2n) is 6.45. The number of nitriles is 1. The number of fused-ring (bicyclic) bond motifs is 1. The lowest BCUT2D eigenvalue weighted by Crippen LogP contribution is -2.13. The molecule has 0 spiro atoms. The van der Waals surface area contributed by atoms with E-state index in [1.54, 1.807) is 0 Å². The van der Waals surface area contributed by atoms with Crippen molar-refractivity contribution in [3.8, 4) is 6.07 Å². The van der Waals surface area contributed by atoms with Gasteiger partial charge < -0.3 is 14.3 Å². The van der Waals surface area contributed by atoms with E-state index in [9.17, 15) is 15.2 Å². The maximum absolute atomic E-state index is 11.5. The first-order valence-corrected chi connectivity index (χ1v) is 7.94. The fourth-order valence-electron chi connectivity index (χ4n) is 3.57. The van der Waals surface area contributed by atoms with Gasteiger partial charge in [0.25, 0.3) is 0 Å². The zero-order valence-corrected chi connectivity index (χ0v) is 12.7. The van der Waals surface area contributed by atoms with Crippen molar-refractivity contribution >= 4 is 16.9 Å². The summed E-state index contributed by atoms with van der Waals surface area (Å²) in [5, 5.41) is 19.7. The molecule has 1 N–H and O–H groups in total. The monoisotopic (exact) mass is 311 g/mol. The summed E-state index contributed by atoms with van der Waals surface area (Å²) in [5.41, 5.74) is 1.60. The van der Waals surface area contributed by atoms with Gasteiger partial charge in [-0.3, -0.25) is 0 Å². The maximum atomic E-state index is 11.5. The Labute approximate surface area is 133 Å². The summed E-state index contributed by atoms with van der Waals surface area (Å²) in [6, 6.07) is 8.18. The molecule has 1 aliphatic heterocycles. The fourth-order valence-corrected chi connectivity index (χ4v) is 3.57. The SMILES string of the molecule is N#CC1(c2c(C(=O)O)oc3cc(C4CCOCC4)ccc23)CC1. The number of ether oxygens (including phenoxy) is 1. The Morgan fingerprint density at radius 1 is 1.30 bits per heavy atom. The summed E-state index contributed by atoms with van der Waals surface area (Å²) in [6.07, 6.45) is 3.32. The molecule has 0 atom stereocenters. The third-order valence-corrected chi connectivity index (χ3v) is 5.04. The van der Waals surface area contributed by atoms with Crippen LogP contribution in [0.2, 0.25) is 0 Å². The van der Waals surface area contributed by atoms with Crippen LogP contribution in [0.4, 0.5) is 0 Å². The predicted octanol–water partition coefficient (Wildman–Crippen LogP) is 3.58. The summed E-state index contributed by atoms with van der Waals surface area (Å²) < 4.78 is 11.0. The van der Waals surface area contributed by atoms with E-state index in [2.05, 4.69) is 6.07 Å². The van der Waals surface area contributed by atoms with E-state index in [-0.39, 0.29) is 5.76 Å². The zero-order valence-electron chi connectivity index (χ0n) is 12.7. The van der Waals surface area contributed by atoms with Crippen LogP contribution in [0.15, 0.2) is 22.6 Å². The van der Waals surface area contributed by atoms with Gasteiger partial charge >= 0.3 is 5.97 Å². The number of nitrogens with zero attached hydrogens (tertiary/aromatic N) is 1. The highest BCUT2D eigenvalue weighted by atomic mass is 16.5. The van der Waals surface area contributed by atoms with Crippen LogP contribution in [-0.4, -0.2) is 24.3 Å². The highest BCUT2D eigenvalue weighted by Crippen LogP contribution is 2.52. The van der Waals surface area contributed by atoms with Crippen molar-refractivity contribution in [3.63, 3.8) is 0 Å². The van der Waals surface area contributed by atoms with Gasteiger partial charge in [-0.15, -0.1) is 0 Å². The van der Waals surface area contributed by atoms with Crippen LogP contribution < -0.4 is 0 Å². The molecular formula is C18H17NO4. The topological polar surface area (TPSA) is 83.5 Å². The molecule has 2 aromatic rings. The van der Waals surface area contributed by atoms with Crippen LogP contribution in [-0.2, 0) is 10.2 Å². The van der Waals surface area contributed by atoms with Gasteiger partial charge in [-0.05, 0) is 43.2 Å². The van der Waals surface area contributed by atoms with Crippen molar-refractivity contribution in [2.24, 2.45) is 0 Å². The minimum atomic E-state index is -1.11. The fraction of sp³-hybridized carbons (Fsp3) is 0.444. The lowest BCUT2D eigenvalue weighted by molar-refractivity contribution is 0.0662. The number of carboxylic acids is 1. The van der Waals surface area contributed by atoms with Crippen molar-refractivity contribution < 1.29 is 19.1 Å². The Hall–Kier alpha value is -2.32. The molecule has 5 nitrogen and oxygen atoms in total. The molecule has 2 fully saturated rings. The Kier molecular flexibility index (Phi) is 3.17. The third-order valence-electron chi connectivity index (χ3n) is 5.04. The van der Waals surface area contributed by atoms with Gasteiger partial charge in [-0.1, -0.05) is 12.1 Å². The Morgan fingerprint density at radius 3 is 2.65 bits per heavy atom. The van der Waals surface area contributed by atoms with Gasteiger partial charge in [-0.25, -0.2) is 4.79 Å². The van der Waals surface area contributed by atoms with E-state index in [0.717, 1.165) is 37.0 Å². The number of rotatable bonds is 3. The summed E-state index contributed by atoms with van der Waals surface area (Å²) >= 11 is 0. The Balaban J connectivity index is 1.84. The maximum Gasteiger partial charge on any atom is 0.372 e. The largest absolute Gasteiger partial charge is 0.475 e. The predicted molar refractivity (Wildman–Crippen MR) is 82.5 cm³/mol. The quantitative estimate of drug-likeness (QED) is 0.936. The van der Waals surface area contributed by atoms with Crippen LogP contribution in [0, 0.1) is 11.3 Å². The molecule has 2 aliphatic rings. The standard InChI is InChI=1S/C18H17NO4/c19-10-18(5-6-18)15-13-2-1-12(11-3-7-22-8-4-11)9-14(13)23-16(15)17(20)21/h1-2,9,11H,3-8H2,(H,20,21). The summed E-state index contributed by atoms with van der Waals surface area (Å²) in [5.74, 6) is -0.769. The highest BCUT2D eigenvalue weighted by molar-refractivity contribution is 5.97. The smallest absolute Gasteiger partial charge is 0.372 e.